The van der Waals surface area contributed by atoms with Gasteiger partial charge >= 0.3 is 0 Å². The average molecular weight is 1050 g/mol. The van der Waals surface area contributed by atoms with E-state index in [9.17, 15) is 19.4 Å². The fourth-order valence-corrected chi connectivity index (χ4v) is 10.3. The Balaban J connectivity index is 4.07. The number of aliphatic hydroxyl groups excluding tert-OH is 1. The molecule has 0 aliphatic heterocycles. The predicted octanol–water partition coefficient (Wildman–Crippen LogP) is 19.1. The number of allylic oxidation sites excluding steroid dienone is 5. The first-order valence-electron chi connectivity index (χ1n) is 31.9. The molecule has 0 radical (unpaired) electrons. The molecule has 0 aliphatic rings. The summed E-state index contributed by atoms with van der Waals surface area (Å²) in [6.45, 7) is 4.68. The molecule has 3 atom stereocenters. The number of hydrogen-bond acceptors (Lipinski definition) is 6. The topological polar surface area (TPSA) is 108 Å². The highest BCUT2D eigenvalue weighted by atomic mass is 31.2. The van der Waals surface area contributed by atoms with Crippen molar-refractivity contribution in [1.29, 1.82) is 0 Å². The van der Waals surface area contributed by atoms with Crippen molar-refractivity contribution in [3.05, 3.63) is 36.5 Å². The molecule has 0 saturated carbocycles. The van der Waals surface area contributed by atoms with Crippen LogP contribution in [0.25, 0.3) is 0 Å². The van der Waals surface area contributed by atoms with Gasteiger partial charge in [-0.05, 0) is 51.4 Å². The number of aliphatic hydroxyl groups is 1. The van der Waals surface area contributed by atoms with Gasteiger partial charge in [0.05, 0.1) is 39.9 Å². The third-order valence-corrected chi connectivity index (χ3v) is 15.6. The van der Waals surface area contributed by atoms with E-state index in [1.807, 2.05) is 27.2 Å². The number of quaternary nitrogens is 1. The molecule has 0 saturated heterocycles. The van der Waals surface area contributed by atoms with Gasteiger partial charge in [-0.15, -0.1) is 0 Å². The second kappa shape index (κ2) is 55.5. The van der Waals surface area contributed by atoms with E-state index in [-0.39, 0.29) is 19.1 Å². The van der Waals surface area contributed by atoms with Crippen LogP contribution in [-0.4, -0.2) is 68.5 Å². The number of phosphoric ester groups is 1. The van der Waals surface area contributed by atoms with Gasteiger partial charge in [0.1, 0.15) is 13.2 Å². The SMILES string of the molecule is CCCCCCC/C=C\C/C=C\CCCCCCCCCCCCCCCCCCCCCC(=O)NC(COP(=O)([O-])OCC[N+](C)(C)C)C(O)/C=C/CCCCCCCCCCCCCCCCCCCC. The number of carbonyl (C=O) groups is 1. The predicted molar refractivity (Wildman–Crippen MR) is 316 cm³/mol. The second-order valence-electron chi connectivity index (χ2n) is 23.1. The summed E-state index contributed by atoms with van der Waals surface area (Å²) in [6.07, 6.45) is 72.4. The van der Waals surface area contributed by atoms with Gasteiger partial charge in [0.15, 0.2) is 0 Å². The minimum atomic E-state index is -4.60. The minimum absolute atomic E-state index is 0.000871. The van der Waals surface area contributed by atoms with E-state index in [4.69, 9.17) is 9.05 Å². The second-order valence-corrected chi connectivity index (χ2v) is 24.5. The molecule has 0 fully saturated rings. The van der Waals surface area contributed by atoms with Crippen molar-refractivity contribution in [1.82, 2.24) is 5.32 Å². The Morgan fingerprint density at radius 1 is 0.479 bits per heavy atom. The minimum Gasteiger partial charge on any atom is -0.756 e. The molecule has 0 aliphatic carbocycles. The number of nitrogens with zero attached hydrogens (tertiary/aromatic N) is 1. The number of unbranched alkanes of at least 4 members (excludes halogenated alkanes) is 42. The quantitative estimate of drug-likeness (QED) is 0.0272. The smallest absolute Gasteiger partial charge is 0.268 e. The van der Waals surface area contributed by atoms with E-state index in [0.717, 1.165) is 44.9 Å². The van der Waals surface area contributed by atoms with E-state index in [1.54, 1.807) is 6.08 Å². The standard InChI is InChI=1S/C64H125N2O6P/c1-6-8-10-12-14-16-18-20-22-24-26-28-29-30-31-32-33-34-35-36-37-38-40-42-44-46-48-50-52-54-56-58-64(68)65-62(61-72-73(69,70)71-60-59-66(3,4)5)63(67)57-55-53-51-49-47-45-43-41-39-27-25-23-21-19-17-15-13-11-9-7-2/h18,20,24,26,55,57,62-63,67H,6-17,19,21-23,25,27-54,56,58-61H2,1-5H3,(H-,65,68,69,70)/b20-18-,26-24-,57-55+. The van der Waals surface area contributed by atoms with E-state index in [0.29, 0.717) is 17.4 Å². The Bertz CT molecular complexity index is 1280. The lowest BCUT2D eigenvalue weighted by molar-refractivity contribution is -0.870. The number of hydrogen-bond donors (Lipinski definition) is 2. The maximum atomic E-state index is 13.0. The zero-order chi connectivity index (χ0) is 53.5. The number of phosphoric acid groups is 1. The van der Waals surface area contributed by atoms with Gasteiger partial charge in [-0.2, -0.15) is 0 Å². The van der Waals surface area contributed by atoms with Crippen LogP contribution in [0.15, 0.2) is 36.5 Å². The van der Waals surface area contributed by atoms with Crippen LogP contribution >= 0.6 is 7.82 Å². The van der Waals surface area contributed by atoms with Crippen LogP contribution in [0.5, 0.6) is 0 Å². The summed E-state index contributed by atoms with van der Waals surface area (Å²) in [5, 5.41) is 13.9. The lowest BCUT2D eigenvalue weighted by Gasteiger charge is -2.29. The first-order valence-corrected chi connectivity index (χ1v) is 33.3. The molecule has 0 heterocycles. The van der Waals surface area contributed by atoms with Crippen LogP contribution in [0, 0.1) is 0 Å². The molecular formula is C64H125N2O6P. The highest BCUT2D eigenvalue weighted by molar-refractivity contribution is 7.45. The molecule has 0 aromatic rings. The van der Waals surface area contributed by atoms with E-state index < -0.39 is 20.0 Å². The van der Waals surface area contributed by atoms with Crippen molar-refractivity contribution in [2.45, 2.75) is 328 Å². The number of likely N-dealkylation sites (N-methyl/N-ethyl adjacent to an activating group) is 1. The van der Waals surface area contributed by atoms with E-state index >= 15 is 0 Å². The van der Waals surface area contributed by atoms with E-state index in [2.05, 4.69) is 43.5 Å². The zero-order valence-corrected chi connectivity index (χ0v) is 50.3. The van der Waals surface area contributed by atoms with Crippen LogP contribution in [0.2, 0.25) is 0 Å². The van der Waals surface area contributed by atoms with Crippen molar-refractivity contribution in [3.8, 4) is 0 Å². The molecule has 3 unspecified atom stereocenters. The third-order valence-electron chi connectivity index (χ3n) is 14.6. The Morgan fingerprint density at radius 2 is 0.795 bits per heavy atom. The summed E-state index contributed by atoms with van der Waals surface area (Å²) >= 11 is 0. The fraction of sp³-hybridized carbons (Fsp3) is 0.891. The largest absolute Gasteiger partial charge is 0.756 e. The highest BCUT2D eigenvalue weighted by Crippen LogP contribution is 2.38. The van der Waals surface area contributed by atoms with Gasteiger partial charge in [-0.25, -0.2) is 0 Å². The average Bonchev–Trinajstić information content (AvgIpc) is 3.35. The van der Waals surface area contributed by atoms with Crippen molar-refractivity contribution in [2.24, 2.45) is 0 Å². The summed E-state index contributed by atoms with van der Waals surface area (Å²) in [4.78, 5) is 25.6. The van der Waals surface area contributed by atoms with Gasteiger partial charge in [0.25, 0.3) is 7.82 Å². The molecule has 8 nitrogen and oxygen atoms in total. The van der Waals surface area contributed by atoms with Gasteiger partial charge < -0.3 is 28.8 Å². The Kier molecular flexibility index (Phi) is 54.5. The summed E-state index contributed by atoms with van der Waals surface area (Å²) in [6, 6.07) is -0.885. The number of carbonyl (C=O) groups excluding carboxylic acids is 1. The van der Waals surface area contributed by atoms with Crippen molar-refractivity contribution < 1.29 is 32.9 Å². The highest BCUT2D eigenvalue weighted by Gasteiger charge is 2.23. The van der Waals surface area contributed by atoms with Gasteiger partial charge in [0, 0.05) is 6.42 Å². The molecule has 0 bridgehead atoms. The molecule has 0 spiro atoms. The molecule has 73 heavy (non-hydrogen) atoms. The van der Waals surface area contributed by atoms with Crippen molar-refractivity contribution in [2.75, 3.05) is 40.9 Å². The first kappa shape index (κ1) is 71.7. The first-order chi connectivity index (χ1) is 35.5. The Morgan fingerprint density at radius 3 is 1.14 bits per heavy atom. The normalized spacial score (nSPS) is 14.0. The number of nitrogens with one attached hydrogen (secondary N) is 1. The molecule has 2 N–H and O–H groups in total. The third kappa shape index (κ3) is 58.2. The van der Waals surface area contributed by atoms with Gasteiger partial charge in [0.2, 0.25) is 5.91 Å². The van der Waals surface area contributed by atoms with Crippen LogP contribution < -0.4 is 10.2 Å². The zero-order valence-electron chi connectivity index (χ0n) is 49.4. The molecular weight excluding hydrogens is 924 g/mol. The molecule has 1 amide bonds. The van der Waals surface area contributed by atoms with Crippen LogP contribution in [0.1, 0.15) is 316 Å². The molecule has 0 aromatic heterocycles. The van der Waals surface area contributed by atoms with Gasteiger partial charge in [-0.1, -0.05) is 294 Å². The lowest BCUT2D eigenvalue weighted by Crippen LogP contribution is -2.45. The maximum absolute atomic E-state index is 13.0. The lowest BCUT2D eigenvalue weighted by atomic mass is 10.0. The fourth-order valence-electron chi connectivity index (χ4n) is 9.60. The molecule has 0 rings (SSSR count). The molecule has 432 valence electrons. The monoisotopic (exact) mass is 1050 g/mol. The van der Waals surface area contributed by atoms with Crippen LogP contribution in [0.4, 0.5) is 0 Å². The Labute approximate surface area is 455 Å². The van der Waals surface area contributed by atoms with Crippen molar-refractivity contribution >= 4 is 13.7 Å². The summed E-state index contributed by atoms with van der Waals surface area (Å²) < 4.78 is 23.4. The molecule has 0 aromatic carbocycles. The van der Waals surface area contributed by atoms with E-state index in [1.165, 1.54) is 250 Å². The summed E-state index contributed by atoms with van der Waals surface area (Å²) in [5.74, 6) is -0.192. The number of rotatable bonds is 59. The molecule has 9 heteroatoms. The van der Waals surface area contributed by atoms with Crippen molar-refractivity contribution in [3.63, 3.8) is 0 Å². The number of amides is 1. The van der Waals surface area contributed by atoms with Crippen LogP contribution in [0.3, 0.4) is 0 Å². The summed E-state index contributed by atoms with van der Waals surface area (Å²) in [5.41, 5.74) is 0. The summed E-state index contributed by atoms with van der Waals surface area (Å²) in [7, 11) is 1.27. The van der Waals surface area contributed by atoms with Gasteiger partial charge in [-0.3, -0.25) is 9.36 Å². The van der Waals surface area contributed by atoms with Crippen LogP contribution in [-0.2, 0) is 18.4 Å². The maximum Gasteiger partial charge on any atom is 0.268 e. The Hall–Kier alpha value is -1.28.